The normalized spacial score (nSPS) is 9.88. The van der Waals surface area contributed by atoms with Crippen molar-refractivity contribution in [1.29, 1.82) is 5.26 Å². The lowest BCUT2D eigenvalue weighted by molar-refractivity contribution is 0.0590. The van der Waals surface area contributed by atoms with E-state index in [2.05, 4.69) is 19.4 Å². The number of Topliss-reactive ketones (excluding diaryl/α,β-unsaturated/α-hetero) is 1. The van der Waals surface area contributed by atoms with Crippen molar-refractivity contribution in [2.45, 2.75) is 6.42 Å². The van der Waals surface area contributed by atoms with E-state index in [0.717, 1.165) is 14.2 Å². The summed E-state index contributed by atoms with van der Waals surface area (Å²) < 4.78 is 9.20. The number of nitrogens with zero attached hydrogens (tertiary/aromatic N) is 2. The highest BCUT2D eigenvalue weighted by molar-refractivity contribution is 6.03. The van der Waals surface area contributed by atoms with Crippen LogP contribution < -0.4 is 5.56 Å². The molecule has 9 heteroatoms. The van der Waals surface area contributed by atoms with Gasteiger partial charge in [-0.05, 0) is 12.1 Å². The molecule has 0 unspecified atom stereocenters. The van der Waals surface area contributed by atoms with Crippen LogP contribution in [0.5, 0.6) is 0 Å². The fourth-order valence-electron chi connectivity index (χ4n) is 2.31. The van der Waals surface area contributed by atoms with E-state index in [9.17, 15) is 24.4 Å². The number of rotatable bonds is 5. The molecule has 0 aliphatic heterocycles. The molecule has 0 bridgehead atoms. The average molecular weight is 355 g/mol. The molecule has 0 atom stereocenters. The second kappa shape index (κ2) is 7.85. The molecule has 0 fully saturated rings. The highest BCUT2D eigenvalue weighted by atomic mass is 16.5. The van der Waals surface area contributed by atoms with Crippen LogP contribution in [0, 0.1) is 11.3 Å². The number of methoxy groups -OCH3 is 2. The Bertz CT molecular complexity index is 972. The standard InChI is InChI=1S/C17H13N3O6/c1-25-16(23)13-9(7-12(21)11-5-3-4-6-19-11)14(17(24)26-2)20-15(22)10(13)8-18/h3-6H,7H2,1-2H3,(H,20,22). The SMILES string of the molecule is COC(=O)c1[nH]c(=O)c(C#N)c(C(=O)OC)c1CC(=O)c1ccccn1. The maximum Gasteiger partial charge on any atom is 0.354 e. The number of ether oxygens (including phenoxy) is 2. The van der Waals surface area contributed by atoms with Crippen LogP contribution in [-0.4, -0.2) is 41.9 Å². The summed E-state index contributed by atoms with van der Waals surface area (Å²) in [5, 5.41) is 9.21. The quantitative estimate of drug-likeness (QED) is 0.609. The van der Waals surface area contributed by atoms with Crippen molar-refractivity contribution in [3.8, 4) is 6.07 Å². The number of nitriles is 1. The van der Waals surface area contributed by atoms with Crippen molar-refractivity contribution < 1.29 is 23.9 Å². The number of ketones is 1. The summed E-state index contributed by atoms with van der Waals surface area (Å²) in [6.45, 7) is 0. The molecule has 0 spiro atoms. The summed E-state index contributed by atoms with van der Waals surface area (Å²) in [5.41, 5.74) is -2.47. The zero-order valence-electron chi connectivity index (χ0n) is 13.9. The highest BCUT2D eigenvalue weighted by Crippen LogP contribution is 2.19. The first-order valence-electron chi connectivity index (χ1n) is 7.24. The fraction of sp³-hybridized carbons (Fsp3) is 0.176. The summed E-state index contributed by atoms with van der Waals surface area (Å²) in [6, 6.07) is 6.26. The van der Waals surface area contributed by atoms with Gasteiger partial charge in [-0.15, -0.1) is 0 Å². The molecule has 9 nitrogen and oxygen atoms in total. The lowest BCUT2D eigenvalue weighted by Crippen LogP contribution is -2.27. The molecule has 2 aromatic rings. The second-order valence-corrected chi connectivity index (χ2v) is 4.97. The Morgan fingerprint density at radius 2 is 1.88 bits per heavy atom. The summed E-state index contributed by atoms with van der Waals surface area (Å²) in [5.74, 6) is -2.53. The van der Waals surface area contributed by atoms with Crippen LogP contribution in [0.25, 0.3) is 0 Å². The van der Waals surface area contributed by atoms with Gasteiger partial charge in [-0.3, -0.25) is 14.6 Å². The zero-order chi connectivity index (χ0) is 19.3. The number of nitrogens with one attached hydrogen (secondary N) is 1. The van der Waals surface area contributed by atoms with Crippen LogP contribution in [-0.2, 0) is 15.9 Å². The van der Waals surface area contributed by atoms with Crippen molar-refractivity contribution >= 4 is 17.7 Å². The van der Waals surface area contributed by atoms with Gasteiger partial charge in [0.1, 0.15) is 23.0 Å². The van der Waals surface area contributed by atoms with E-state index >= 15 is 0 Å². The third-order valence-corrected chi connectivity index (χ3v) is 3.50. The van der Waals surface area contributed by atoms with E-state index < -0.39 is 46.5 Å². The number of hydrogen-bond donors (Lipinski definition) is 1. The maximum atomic E-state index is 12.5. The topological polar surface area (TPSA) is 139 Å². The Morgan fingerprint density at radius 3 is 2.42 bits per heavy atom. The van der Waals surface area contributed by atoms with E-state index in [-0.39, 0.29) is 11.3 Å². The van der Waals surface area contributed by atoms with Gasteiger partial charge in [0.05, 0.1) is 19.8 Å². The summed E-state index contributed by atoms with van der Waals surface area (Å²) in [4.78, 5) is 54.8. The van der Waals surface area contributed by atoms with Crippen LogP contribution in [0.3, 0.4) is 0 Å². The largest absolute Gasteiger partial charge is 0.465 e. The van der Waals surface area contributed by atoms with Gasteiger partial charge in [-0.25, -0.2) is 9.59 Å². The molecule has 26 heavy (non-hydrogen) atoms. The Balaban J connectivity index is 2.73. The third-order valence-electron chi connectivity index (χ3n) is 3.50. The Morgan fingerprint density at radius 1 is 1.19 bits per heavy atom. The number of hydrogen-bond acceptors (Lipinski definition) is 8. The van der Waals surface area contributed by atoms with Gasteiger partial charge < -0.3 is 14.5 Å². The molecular weight excluding hydrogens is 342 g/mol. The van der Waals surface area contributed by atoms with Crippen molar-refractivity contribution in [3.63, 3.8) is 0 Å². The van der Waals surface area contributed by atoms with Crippen molar-refractivity contribution in [3.05, 3.63) is 62.8 Å². The van der Waals surface area contributed by atoms with Crippen LogP contribution in [0.4, 0.5) is 0 Å². The monoisotopic (exact) mass is 355 g/mol. The van der Waals surface area contributed by atoms with Crippen molar-refractivity contribution in [1.82, 2.24) is 9.97 Å². The molecule has 0 aromatic carbocycles. The lowest BCUT2D eigenvalue weighted by atomic mass is 9.96. The summed E-state index contributed by atoms with van der Waals surface area (Å²) >= 11 is 0. The zero-order valence-corrected chi connectivity index (χ0v) is 13.9. The van der Waals surface area contributed by atoms with Gasteiger partial charge >= 0.3 is 11.9 Å². The first-order chi connectivity index (χ1) is 12.4. The molecule has 1 N–H and O–H groups in total. The number of pyridine rings is 2. The molecule has 0 aliphatic rings. The Labute approximate surface area is 147 Å². The molecule has 0 amide bonds. The van der Waals surface area contributed by atoms with Gasteiger partial charge in [0.15, 0.2) is 5.78 Å². The van der Waals surface area contributed by atoms with Gasteiger partial charge in [-0.2, -0.15) is 5.26 Å². The van der Waals surface area contributed by atoms with E-state index in [1.54, 1.807) is 18.2 Å². The van der Waals surface area contributed by atoms with Gasteiger partial charge in [0.2, 0.25) is 0 Å². The molecule has 2 rings (SSSR count). The number of H-pyrrole nitrogens is 1. The van der Waals surface area contributed by atoms with Crippen LogP contribution >= 0.6 is 0 Å². The van der Waals surface area contributed by atoms with Gasteiger partial charge in [0, 0.05) is 18.2 Å². The Hall–Kier alpha value is -3.80. The van der Waals surface area contributed by atoms with Crippen LogP contribution in [0.15, 0.2) is 29.2 Å². The van der Waals surface area contributed by atoms with Crippen molar-refractivity contribution in [2.24, 2.45) is 0 Å². The van der Waals surface area contributed by atoms with Crippen LogP contribution in [0.1, 0.15) is 42.5 Å². The fourth-order valence-corrected chi connectivity index (χ4v) is 2.31. The molecule has 0 saturated heterocycles. The molecule has 0 aliphatic carbocycles. The van der Waals surface area contributed by atoms with Crippen LogP contribution in [0.2, 0.25) is 0 Å². The number of carbonyl (C=O) groups is 3. The number of aromatic nitrogens is 2. The molecule has 132 valence electrons. The first kappa shape index (κ1) is 18.5. The number of esters is 2. The highest BCUT2D eigenvalue weighted by Gasteiger charge is 2.29. The summed E-state index contributed by atoms with van der Waals surface area (Å²) in [7, 11) is 2.12. The minimum atomic E-state index is -1.03. The predicted octanol–water partition coefficient (Wildman–Crippen LogP) is 0.640. The number of aromatic amines is 1. The lowest BCUT2D eigenvalue weighted by Gasteiger charge is -2.13. The third kappa shape index (κ3) is 3.49. The molecule has 0 radical (unpaired) electrons. The smallest absolute Gasteiger partial charge is 0.354 e. The Kier molecular flexibility index (Phi) is 5.60. The predicted molar refractivity (Wildman–Crippen MR) is 86.7 cm³/mol. The van der Waals surface area contributed by atoms with E-state index in [0.29, 0.717) is 0 Å². The molecule has 2 heterocycles. The molecule has 0 saturated carbocycles. The van der Waals surface area contributed by atoms with E-state index in [1.807, 2.05) is 0 Å². The second-order valence-electron chi connectivity index (χ2n) is 4.97. The van der Waals surface area contributed by atoms with Gasteiger partial charge in [-0.1, -0.05) is 6.07 Å². The summed E-state index contributed by atoms with van der Waals surface area (Å²) in [6.07, 6.45) is 0.931. The van der Waals surface area contributed by atoms with Crippen molar-refractivity contribution in [2.75, 3.05) is 14.2 Å². The minimum Gasteiger partial charge on any atom is -0.465 e. The molecule has 2 aromatic heterocycles. The first-order valence-corrected chi connectivity index (χ1v) is 7.24. The van der Waals surface area contributed by atoms with Gasteiger partial charge in [0.25, 0.3) is 5.56 Å². The number of carbonyl (C=O) groups excluding carboxylic acids is 3. The van der Waals surface area contributed by atoms with E-state index in [1.165, 1.54) is 12.3 Å². The molecular formula is C17H13N3O6. The maximum absolute atomic E-state index is 12.5. The average Bonchev–Trinajstić information content (AvgIpc) is 2.67. The van der Waals surface area contributed by atoms with E-state index in [4.69, 9.17) is 0 Å². The minimum absolute atomic E-state index is 0.0869.